The SMILES string of the molecule is Cc1nc(C(=O)NCc2cccs2)nc(NCCc2cn[nH]c2)c1C. The predicted octanol–water partition coefficient (Wildman–Crippen LogP) is 2.46. The van der Waals surface area contributed by atoms with E-state index < -0.39 is 0 Å². The molecule has 0 saturated heterocycles. The molecule has 0 unspecified atom stereocenters. The molecule has 0 aliphatic carbocycles. The summed E-state index contributed by atoms with van der Waals surface area (Å²) in [4.78, 5) is 22.2. The van der Waals surface area contributed by atoms with Gasteiger partial charge in [0.25, 0.3) is 5.91 Å². The maximum atomic E-state index is 12.3. The van der Waals surface area contributed by atoms with E-state index in [1.54, 1.807) is 17.5 Å². The maximum Gasteiger partial charge on any atom is 0.289 e. The van der Waals surface area contributed by atoms with Crippen LogP contribution in [0, 0.1) is 13.8 Å². The first-order chi connectivity index (χ1) is 12.1. The van der Waals surface area contributed by atoms with Gasteiger partial charge in [0.2, 0.25) is 5.82 Å². The summed E-state index contributed by atoms with van der Waals surface area (Å²) in [5, 5.41) is 14.8. The highest BCUT2D eigenvalue weighted by Crippen LogP contribution is 2.15. The zero-order chi connectivity index (χ0) is 17.6. The Balaban J connectivity index is 1.65. The summed E-state index contributed by atoms with van der Waals surface area (Å²) >= 11 is 1.60. The Labute approximate surface area is 149 Å². The summed E-state index contributed by atoms with van der Waals surface area (Å²) in [6.07, 6.45) is 4.48. The van der Waals surface area contributed by atoms with Crippen molar-refractivity contribution in [2.75, 3.05) is 11.9 Å². The summed E-state index contributed by atoms with van der Waals surface area (Å²) < 4.78 is 0. The number of aromatic amines is 1. The normalized spacial score (nSPS) is 10.6. The molecule has 0 saturated carbocycles. The number of nitrogens with zero attached hydrogens (tertiary/aromatic N) is 3. The lowest BCUT2D eigenvalue weighted by atomic mass is 10.2. The van der Waals surface area contributed by atoms with Gasteiger partial charge in [0.1, 0.15) is 5.82 Å². The highest BCUT2D eigenvalue weighted by Gasteiger charge is 2.14. The Morgan fingerprint density at radius 2 is 2.20 bits per heavy atom. The highest BCUT2D eigenvalue weighted by atomic mass is 32.1. The maximum absolute atomic E-state index is 12.3. The van der Waals surface area contributed by atoms with E-state index >= 15 is 0 Å². The van der Waals surface area contributed by atoms with Crippen molar-refractivity contribution in [2.45, 2.75) is 26.8 Å². The van der Waals surface area contributed by atoms with Gasteiger partial charge in [0.15, 0.2) is 0 Å². The molecule has 7 nitrogen and oxygen atoms in total. The molecule has 3 rings (SSSR count). The number of H-pyrrole nitrogens is 1. The highest BCUT2D eigenvalue weighted by molar-refractivity contribution is 7.09. The average molecular weight is 356 g/mol. The Kier molecular flexibility index (Phi) is 5.39. The number of amides is 1. The Morgan fingerprint density at radius 1 is 1.32 bits per heavy atom. The van der Waals surface area contributed by atoms with Crippen molar-refractivity contribution < 1.29 is 4.79 Å². The Bertz CT molecular complexity index is 829. The second-order valence-corrected chi connectivity index (χ2v) is 6.68. The molecule has 3 N–H and O–H groups in total. The van der Waals surface area contributed by atoms with Crippen LogP contribution in [-0.2, 0) is 13.0 Å². The molecule has 3 aromatic rings. The van der Waals surface area contributed by atoms with Crippen molar-refractivity contribution in [3.05, 3.63) is 57.4 Å². The van der Waals surface area contributed by atoms with E-state index in [4.69, 9.17) is 0 Å². The van der Waals surface area contributed by atoms with Crippen LogP contribution in [-0.4, -0.2) is 32.6 Å². The molecule has 0 aliphatic rings. The predicted molar refractivity (Wildman–Crippen MR) is 97.8 cm³/mol. The third-order valence-electron chi connectivity index (χ3n) is 3.86. The molecule has 0 aromatic carbocycles. The molecular formula is C17H20N6OS. The van der Waals surface area contributed by atoms with E-state index in [1.165, 1.54) is 0 Å². The van der Waals surface area contributed by atoms with E-state index in [2.05, 4.69) is 30.8 Å². The van der Waals surface area contributed by atoms with Crippen LogP contribution in [0.3, 0.4) is 0 Å². The third-order valence-corrected chi connectivity index (χ3v) is 4.73. The molecular weight excluding hydrogens is 336 g/mol. The van der Waals surface area contributed by atoms with Crippen molar-refractivity contribution in [1.29, 1.82) is 0 Å². The number of anilines is 1. The van der Waals surface area contributed by atoms with Crippen molar-refractivity contribution in [2.24, 2.45) is 0 Å². The molecule has 1 amide bonds. The summed E-state index contributed by atoms with van der Waals surface area (Å²) in [7, 11) is 0. The molecule has 0 fully saturated rings. The van der Waals surface area contributed by atoms with Gasteiger partial charge < -0.3 is 10.6 Å². The van der Waals surface area contributed by atoms with Gasteiger partial charge >= 0.3 is 0 Å². The van der Waals surface area contributed by atoms with E-state index in [0.29, 0.717) is 18.9 Å². The van der Waals surface area contributed by atoms with Crippen molar-refractivity contribution in [1.82, 2.24) is 25.5 Å². The first-order valence-corrected chi connectivity index (χ1v) is 8.89. The largest absolute Gasteiger partial charge is 0.369 e. The Morgan fingerprint density at radius 3 is 2.92 bits per heavy atom. The van der Waals surface area contributed by atoms with E-state index in [0.717, 1.165) is 28.1 Å². The zero-order valence-electron chi connectivity index (χ0n) is 14.2. The van der Waals surface area contributed by atoms with Crippen LogP contribution in [0.4, 0.5) is 5.82 Å². The molecule has 0 bridgehead atoms. The number of hydrogen-bond donors (Lipinski definition) is 3. The van der Waals surface area contributed by atoms with Gasteiger partial charge in [-0.05, 0) is 37.3 Å². The molecule has 0 atom stereocenters. The number of thiophene rings is 1. The fourth-order valence-corrected chi connectivity index (χ4v) is 2.95. The minimum absolute atomic E-state index is 0.186. The number of aryl methyl sites for hydroxylation is 1. The zero-order valence-corrected chi connectivity index (χ0v) is 15.0. The van der Waals surface area contributed by atoms with Gasteiger partial charge in [-0.1, -0.05) is 6.07 Å². The first kappa shape index (κ1) is 17.1. The molecule has 0 aliphatic heterocycles. The van der Waals surface area contributed by atoms with E-state index in [-0.39, 0.29) is 11.7 Å². The van der Waals surface area contributed by atoms with Gasteiger partial charge in [0.05, 0.1) is 12.7 Å². The van der Waals surface area contributed by atoms with Crippen LogP contribution in [0.2, 0.25) is 0 Å². The fourth-order valence-electron chi connectivity index (χ4n) is 2.30. The van der Waals surface area contributed by atoms with Crippen molar-refractivity contribution in [3.63, 3.8) is 0 Å². The number of carbonyl (C=O) groups excluding carboxylic acids is 1. The van der Waals surface area contributed by atoms with Crippen LogP contribution in [0.25, 0.3) is 0 Å². The number of carbonyl (C=O) groups is 1. The van der Waals surface area contributed by atoms with Crippen LogP contribution >= 0.6 is 11.3 Å². The lowest BCUT2D eigenvalue weighted by Gasteiger charge is -2.12. The van der Waals surface area contributed by atoms with Gasteiger partial charge in [-0.3, -0.25) is 9.89 Å². The first-order valence-electron chi connectivity index (χ1n) is 8.01. The Hall–Kier alpha value is -2.74. The summed E-state index contributed by atoms with van der Waals surface area (Å²) in [6.45, 7) is 5.01. The summed E-state index contributed by atoms with van der Waals surface area (Å²) in [6, 6.07) is 3.94. The minimum atomic E-state index is -0.269. The van der Waals surface area contributed by atoms with Crippen LogP contribution in [0.5, 0.6) is 0 Å². The lowest BCUT2D eigenvalue weighted by molar-refractivity contribution is 0.0940. The van der Waals surface area contributed by atoms with Crippen LogP contribution in [0.1, 0.15) is 32.3 Å². The topological polar surface area (TPSA) is 95.6 Å². The standard InChI is InChI=1S/C17H20N6OS/c1-11-12(2)22-16(17(24)19-10-14-4-3-7-25-14)23-15(11)18-6-5-13-8-20-21-9-13/h3-4,7-9H,5-6,10H2,1-2H3,(H,19,24)(H,20,21)(H,18,22,23). The molecule has 130 valence electrons. The smallest absolute Gasteiger partial charge is 0.289 e. The van der Waals surface area contributed by atoms with Gasteiger partial charge in [-0.2, -0.15) is 5.10 Å². The van der Waals surface area contributed by atoms with Crippen LogP contribution in [0.15, 0.2) is 29.9 Å². The number of hydrogen-bond acceptors (Lipinski definition) is 6. The second kappa shape index (κ2) is 7.89. The summed E-state index contributed by atoms with van der Waals surface area (Å²) in [5.41, 5.74) is 2.86. The minimum Gasteiger partial charge on any atom is -0.369 e. The molecule has 3 heterocycles. The lowest BCUT2D eigenvalue weighted by Crippen LogP contribution is -2.25. The van der Waals surface area contributed by atoms with E-state index in [9.17, 15) is 4.79 Å². The second-order valence-electron chi connectivity index (χ2n) is 5.65. The van der Waals surface area contributed by atoms with Crippen LogP contribution < -0.4 is 10.6 Å². The number of rotatable bonds is 7. The number of aromatic nitrogens is 4. The molecule has 8 heteroatoms. The third kappa shape index (κ3) is 4.42. The quantitative estimate of drug-likeness (QED) is 0.604. The van der Waals surface area contributed by atoms with Crippen molar-refractivity contribution >= 4 is 23.1 Å². The van der Waals surface area contributed by atoms with Gasteiger partial charge in [-0.25, -0.2) is 9.97 Å². The molecule has 3 aromatic heterocycles. The molecule has 0 spiro atoms. The van der Waals surface area contributed by atoms with E-state index in [1.807, 2.05) is 37.6 Å². The summed E-state index contributed by atoms with van der Waals surface area (Å²) in [5.74, 6) is 0.608. The average Bonchev–Trinajstić information content (AvgIpc) is 3.30. The van der Waals surface area contributed by atoms with Crippen molar-refractivity contribution in [3.8, 4) is 0 Å². The fraction of sp³-hybridized carbons (Fsp3) is 0.294. The van der Waals surface area contributed by atoms with Gasteiger partial charge in [0, 0.05) is 28.9 Å². The molecule has 25 heavy (non-hydrogen) atoms. The molecule has 0 radical (unpaired) electrons. The van der Waals surface area contributed by atoms with Gasteiger partial charge in [-0.15, -0.1) is 11.3 Å². The monoisotopic (exact) mass is 356 g/mol. The number of nitrogens with one attached hydrogen (secondary N) is 3.